The highest BCUT2D eigenvalue weighted by Crippen LogP contribution is 2.32. The molecule has 0 saturated heterocycles. The lowest BCUT2D eigenvalue weighted by Gasteiger charge is -2.11. The number of hydrogen-bond donors (Lipinski definition) is 3. The third-order valence-corrected chi connectivity index (χ3v) is 6.17. The molecule has 32 heavy (non-hydrogen) atoms. The highest BCUT2D eigenvalue weighted by Gasteiger charge is 2.26. The number of benzene rings is 3. The average Bonchev–Trinajstić information content (AvgIpc) is 3.09. The second-order valence-corrected chi connectivity index (χ2v) is 10.1. The predicted molar refractivity (Wildman–Crippen MR) is 130 cm³/mol. The second kappa shape index (κ2) is 9.11. The largest absolute Gasteiger partial charge is 0.493 e. The molecule has 3 N–H and O–H groups in total. The number of carbonyl (C=O) groups excluding carboxylic acids is 1. The molecule has 0 fully saturated rings. The van der Waals surface area contributed by atoms with Crippen molar-refractivity contribution in [1.82, 2.24) is 9.71 Å². The Hall–Kier alpha value is -2.58. The van der Waals surface area contributed by atoms with Crippen LogP contribution in [0.25, 0.3) is 21.7 Å². The Morgan fingerprint density at radius 3 is 2.59 bits per heavy atom. The molecule has 9 heteroatoms. The molecule has 1 atom stereocenters. The first-order valence-electron chi connectivity index (χ1n) is 9.87. The van der Waals surface area contributed by atoms with Crippen molar-refractivity contribution in [3.8, 4) is 5.75 Å². The van der Waals surface area contributed by atoms with E-state index in [1.165, 1.54) is 0 Å². The van der Waals surface area contributed by atoms with Gasteiger partial charge in [0, 0.05) is 31.7 Å². The Morgan fingerprint density at radius 1 is 1.09 bits per heavy atom. The minimum atomic E-state index is -3.45. The molecule has 0 saturated carbocycles. The molecular formula is C23H21Cl2N2O4S+. The molecule has 4 rings (SSSR count). The van der Waals surface area contributed by atoms with E-state index in [2.05, 4.69) is 9.71 Å². The third-order valence-electron chi connectivity index (χ3n) is 5.04. The molecule has 3 aromatic carbocycles. The molecule has 0 aliphatic heterocycles. The maximum atomic E-state index is 12.6. The lowest BCUT2D eigenvalue weighted by molar-refractivity contribution is 0.0974. The molecule has 166 valence electrons. The van der Waals surface area contributed by atoms with Gasteiger partial charge in [0.25, 0.3) is 0 Å². The van der Waals surface area contributed by atoms with Crippen LogP contribution in [0.15, 0.2) is 54.6 Å². The van der Waals surface area contributed by atoms with Crippen LogP contribution in [0.5, 0.6) is 5.75 Å². The summed E-state index contributed by atoms with van der Waals surface area (Å²) in [5.74, 6) is 0.0895. The third kappa shape index (κ3) is 4.91. The van der Waals surface area contributed by atoms with Gasteiger partial charge in [-0.1, -0.05) is 53.5 Å². The van der Waals surface area contributed by atoms with Crippen LogP contribution in [0.2, 0.25) is 10.0 Å². The summed E-state index contributed by atoms with van der Waals surface area (Å²) < 4.78 is 29.3. The number of nitrogens with one attached hydrogen (secondary N) is 2. The van der Waals surface area contributed by atoms with Gasteiger partial charge in [-0.15, -0.1) is 4.72 Å². The van der Waals surface area contributed by atoms with Crippen molar-refractivity contribution in [1.29, 1.82) is 0 Å². The Kier molecular flexibility index (Phi) is 6.44. The number of fused-ring (bicyclic) bond motifs is 2. The maximum absolute atomic E-state index is 12.6. The number of rotatable bonds is 7. The van der Waals surface area contributed by atoms with Crippen molar-refractivity contribution in [2.45, 2.75) is 12.8 Å². The molecule has 1 heterocycles. The smallest absolute Gasteiger partial charge is 0.310 e. The topological polar surface area (TPSA) is 91.4 Å². The monoisotopic (exact) mass is 491 g/mol. The first kappa shape index (κ1) is 22.6. The van der Waals surface area contributed by atoms with E-state index >= 15 is 0 Å². The lowest BCUT2D eigenvalue weighted by Crippen LogP contribution is -2.34. The van der Waals surface area contributed by atoms with E-state index in [0.29, 0.717) is 35.0 Å². The zero-order valence-electron chi connectivity index (χ0n) is 17.2. The van der Waals surface area contributed by atoms with E-state index in [9.17, 15) is 13.6 Å². The molecule has 0 aliphatic carbocycles. The molecule has 4 aromatic rings. The zero-order valence-corrected chi connectivity index (χ0v) is 19.5. The number of aryl methyl sites for hydroxylation is 1. The summed E-state index contributed by atoms with van der Waals surface area (Å²) in [5.41, 5.74) is 1.66. The van der Waals surface area contributed by atoms with Gasteiger partial charge in [-0.25, -0.2) is 0 Å². The number of aromatic nitrogens is 1. The van der Waals surface area contributed by atoms with Gasteiger partial charge < -0.3 is 9.72 Å². The molecule has 0 aliphatic rings. The Bertz CT molecular complexity index is 1360. The molecule has 0 bridgehead atoms. The number of H-pyrrole nitrogens is 1. The molecule has 1 unspecified atom stereocenters. The van der Waals surface area contributed by atoms with Crippen molar-refractivity contribution in [3.63, 3.8) is 0 Å². The van der Waals surface area contributed by atoms with Gasteiger partial charge in [0.05, 0.1) is 6.61 Å². The summed E-state index contributed by atoms with van der Waals surface area (Å²) in [5, 5.41) is 3.87. The van der Waals surface area contributed by atoms with Crippen LogP contribution >= 0.6 is 23.2 Å². The van der Waals surface area contributed by atoms with Gasteiger partial charge in [-0.3, -0.25) is 4.79 Å². The van der Waals surface area contributed by atoms with Gasteiger partial charge in [0.15, 0.2) is 6.26 Å². The van der Waals surface area contributed by atoms with E-state index in [0.717, 1.165) is 33.7 Å². The van der Waals surface area contributed by atoms with Crippen LogP contribution < -0.4 is 9.46 Å². The van der Waals surface area contributed by atoms with E-state index in [-0.39, 0.29) is 5.69 Å². The van der Waals surface area contributed by atoms with Crippen LogP contribution in [0.4, 0.5) is 0 Å². The summed E-state index contributed by atoms with van der Waals surface area (Å²) in [6, 6.07) is 16.7. The van der Waals surface area contributed by atoms with E-state index in [1.54, 1.807) is 12.1 Å². The van der Waals surface area contributed by atoms with Crippen molar-refractivity contribution in [2.24, 2.45) is 0 Å². The molecule has 1 amide bonds. The van der Waals surface area contributed by atoms with Gasteiger partial charge in [0.2, 0.25) is 0 Å². The minimum Gasteiger partial charge on any atom is -0.493 e. The number of hydrogen-bond acceptors (Lipinski definition) is 3. The first-order valence-corrected chi connectivity index (χ1v) is 12.5. The maximum Gasteiger partial charge on any atom is 0.310 e. The van der Waals surface area contributed by atoms with Crippen LogP contribution in [0.1, 0.15) is 22.5 Å². The van der Waals surface area contributed by atoms with Gasteiger partial charge in [0.1, 0.15) is 11.4 Å². The van der Waals surface area contributed by atoms with E-state index in [1.807, 2.05) is 42.5 Å². The van der Waals surface area contributed by atoms with Gasteiger partial charge >= 0.3 is 16.3 Å². The van der Waals surface area contributed by atoms with Gasteiger partial charge in [-0.05, 0) is 46.9 Å². The van der Waals surface area contributed by atoms with Crippen LogP contribution in [0.3, 0.4) is 0 Å². The quantitative estimate of drug-likeness (QED) is 0.222. The fraction of sp³-hybridized carbons (Fsp3) is 0.174. The minimum absolute atomic E-state index is 0.239. The molecule has 0 radical (unpaired) electrons. The summed E-state index contributed by atoms with van der Waals surface area (Å²) in [6.45, 7) is 0.414. The Morgan fingerprint density at radius 2 is 1.84 bits per heavy atom. The number of aromatic amines is 1. The highest BCUT2D eigenvalue weighted by molar-refractivity contribution is 7.95. The SMILES string of the molecule is C[S+](=O)(O)NC(=O)c1[nH]c2cc(Cl)ccc2c1CCCOc1ccc(Cl)c2ccccc12. The summed E-state index contributed by atoms with van der Waals surface area (Å²) >= 11 is 12.4. The Labute approximate surface area is 196 Å². The lowest BCUT2D eigenvalue weighted by atomic mass is 10.1. The summed E-state index contributed by atoms with van der Waals surface area (Å²) in [6.07, 6.45) is 2.19. The predicted octanol–water partition coefficient (Wildman–Crippen LogP) is 5.89. The number of amides is 1. The molecule has 0 spiro atoms. The van der Waals surface area contributed by atoms with Crippen molar-refractivity contribution in [3.05, 3.63) is 75.9 Å². The van der Waals surface area contributed by atoms with E-state index < -0.39 is 16.3 Å². The zero-order chi connectivity index (χ0) is 22.9. The van der Waals surface area contributed by atoms with Crippen molar-refractivity contribution >= 4 is 61.2 Å². The van der Waals surface area contributed by atoms with Gasteiger partial charge in [-0.2, -0.15) is 4.55 Å². The first-order chi connectivity index (χ1) is 15.2. The molecule has 1 aromatic heterocycles. The second-order valence-electron chi connectivity index (χ2n) is 7.45. The normalized spacial score (nSPS) is 13.2. The number of ether oxygens (including phenoxy) is 1. The van der Waals surface area contributed by atoms with Crippen LogP contribution in [-0.2, 0) is 21.0 Å². The van der Waals surface area contributed by atoms with Crippen LogP contribution in [0, 0.1) is 0 Å². The fourth-order valence-corrected chi connectivity index (χ4v) is 4.54. The highest BCUT2D eigenvalue weighted by atomic mass is 35.5. The summed E-state index contributed by atoms with van der Waals surface area (Å²) in [7, 11) is -3.45. The molecular weight excluding hydrogens is 471 g/mol. The average molecular weight is 492 g/mol. The van der Waals surface area contributed by atoms with Crippen molar-refractivity contribution < 1.29 is 18.3 Å². The standard InChI is InChI=1S/C23H20Cl2N2O4S/c1-32(29,30)27-23(28)22-18(16-9-8-14(24)13-20(16)26-22)7-4-12-31-21-11-10-19(25)15-5-2-3-6-17(15)21/h2-3,5-6,8-11,13H,4,7,12H2,1H3,(H2-,26,27,28,29,30)/p+1. The molecule has 6 nitrogen and oxygen atoms in total. The van der Waals surface area contributed by atoms with Crippen LogP contribution in [-0.4, -0.2) is 28.3 Å². The Balaban J connectivity index is 1.54. The van der Waals surface area contributed by atoms with Crippen molar-refractivity contribution in [2.75, 3.05) is 12.9 Å². The fourth-order valence-electron chi connectivity index (χ4n) is 3.70. The number of carbonyl (C=O) groups is 1. The number of halogens is 2. The van der Waals surface area contributed by atoms with E-state index in [4.69, 9.17) is 27.9 Å². The summed E-state index contributed by atoms with van der Waals surface area (Å²) in [4.78, 5) is 15.6.